The van der Waals surface area contributed by atoms with Crippen molar-refractivity contribution in [2.24, 2.45) is 0 Å². The van der Waals surface area contributed by atoms with Gasteiger partial charge in [-0.3, -0.25) is 19.8 Å². The second kappa shape index (κ2) is 6.78. The van der Waals surface area contributed by atoms with Crippen LogP contribution < -0.4 is 15.8 Å². The number of carbonyl (C=O) groups excluding carboxylic acids is 3. The van der Waals surface area contributed by atoms with Crippen LogP contribution in [0, 0.1) is 11.6 Å². The minimum atomic E-state index is -1.16. The Kier molecular flexibility index (Phi) is 4.53. The molecule has 0 aliphatic carbocycles. The molecule has 1 aliphatic rings. The number of halogens is 2. The molecule has 3 rings (SSSR count). The van der Waals surface area contributed by atoms with E-state index in [1.807, 2.05) is 0 Å². The maximum atomic E-state index is 13.3. The first-order valence-electron chi connectivity index (χ1n) is 7.40. The normalized spacial score (nSPS) is 17.0. The summed E-state index contributed by atoms with van der Waals surface area (Å²) in [5.74, 6) is -3.95. The van der Waals surface area contributed by atoms with Crippen molar-refractivity contribution in [3.8, 4) is 0 Å². The number of hydrazine groups is 1. The molecule has 0 aromatic heterocycles. The van der Waals surface area contributed by atoms with Crippen molar-refractivity contribution < 1.29 is 23.2 Å². The fourth-order valence-electron chi connectivity index (χ4n) is 2.45. The van der Waals surface area contributed by atoms with E-state index < -0.39 is 35.4 Å². The lowest BCUT2D eigenvalue weighted by Crippen LogP contribution is -2.48. The third-order valence-corrected chi connectivity index (χ3v) is 3.70. The van der Waals surface area contributed by atoms with Gasteiger partial charge in [-0.2, -0.15) is 0 Å². The number of nitrogens with one attached hydrogen (secondary N) is 2. The molecule has 1 unspecified atom stereocenters. The molecule has 0 spiro atoms. The van der Waals surface area contributed by atoms with Crippen LogP contribution in [0.5, 0.6) is 0 Å². The van der Waals surface area contributed by atoms with E-state index >= 15 is 0 Å². The van der Waals surface area contributed by atoms with Gasteiger partial charge in [-0.05, 0) is 24.3 Å². The van der Waals surface area contributed by atoms with Gasteiger partial charge >= 0.3 is 0 Å². The van der Waals surface area contributed by atoms with Gasteiger partial charge in [-0.15, -0.1) is 0 Å². The Labute approximate surface area is 141 Å². The lowest BCUT2D eigenvalue weighted by atomic mass is 10.2. The van der Waals surface area contributed by atoms with Gasteiger partial charge in [0.05, 0.1) is 12.1 Å². The fourth-order valence-corrected chi connectivity index (χ4v) is 2.45. The molecule has 0 radical (unpaired) electrons. The van der Waals surface area contributed by atoms with Crippen LogP contribution in [-0.2, 0) is 9.59 Å². The van der Waals surface area contributed by atoms with Crippen LogP contribution in [0.1, 0.15) is 16.8 Å². The number of rotatable bonds is 4. The number of anilines is 1. The molecule has 1 fully saturated rings. The molecule has 1 heterocycles. The second-order valence-electron chi connectivity index (χ2n) is 5.39. The van der Waals surface area contributed by atoms with Crippen LogP contribution >= 0.6 is 0 Å². The molecule has 128 valence electrons. The maximum Gasteiger partial charge on any atom is 0.265 e. The zero-order valence-electron chi connectivity index (χ0n) is 12.8. The molecule has 1 saturated heterocycles. The van der Waals surface area contributed by atoms with Crippen molar-refractivity contribution in [3.63, 3.8) is 0 Å². The Hall–Kier alpha value is -3.13. The van der Waals surface area contributed by atoms with Crippen LogP contribution in [0.2, 0.25) is 0 Å². The van der Waals surface area contributed by atoms with E-state index in [1.54, 1.807) is 30.3 Å². The number of carbonyl (C=O) groups is 3. The third kappa shape index (κ3) is 3.38. The van der Waals surface area contributed by atoms with E-state index in [2.05, 4.69) is 10.9 Å². The van der Waals surface area contributed by atoms with E-state index in [0.717, 1.165) is 23.1 Å². The minimum Gasteiger partial charge on any atom is -0.287 e. The van der Waals surface area contributed by atoms with Crippen molar-refractivity contribution in [3.05, 3.63) is 65.7 Å². The standard InChI is InChI=1S/C17H13F2N3O3/c18-12-7-6-11(8-13(12)19)22-15(23)9-14(17(22)25)20-21-16(24)10-4-2-1-3-5-10/h1-8,14,20H,9H2,(H,21,24). The molecule has 2 aromatic rings. The first-order chi connectivity index (χ1) is 12.0. The van der Waals surface area contributed by atoms with Gasteiger partial charge in [0.1, 0.15) is 6.04 Å². The Morgan fingerprint density at radius 1 is 1.04 bits per heavy atom. The van der Waals surface area contributed by atoms with Gasteiger partial charge in [0.2, 0.25) is 5.91 Å². The number of benzene rings is 2. The summed E-state index contributed by atoms with van der Waals surface area (Å²) in [5, 5.41) is 0. The summed E-state index contributed by atoms with van der Waals surface area (Å²) < 4.78 is 26.3. The Morgan fingerprint density at radius 2 is 1.76 bits per heavy atom. The fraction of sp³-hybridized carbons (Fsp3) is 0.118. The molecular formula is C17H13F2N3O3. The van der Waals surface area contributed by atoms with Crippen molar-refractivity contribution in [2.75, 3.05) is 4.90 Å². The number of amides is 3. The van der Waals surface area contributed by atoms with E-state index in [4.69, 9.17) is 0 Å². The Morgan fingerprint density at radius 3 is 2.44 bits per heavy atom. The third-order valence-electron chi connectivity index (χ3n) is 3.70. The van der Waals surface area contributed by atoms with Crippen molar-refractivity contribution in [2.45, 2.75) is 12.5 Å². The topological polar surface area (TPSA) is 78.5 Å². The van der Waals surface area contributed by atoms with Crippen molar-refractivity contribution in [1.82, 2.24) is 10.9 Å². The first-order valence-corrected chi connectivity index (χ1v) is 7.40. The highest BCUT2D eigenvalue weighted by atomic mass is 19.2. The lowest BCUT2D eigenvalue weighted by Gasteiger charge is -2.16. The highest BCUT2D eigenvalue weighted by molar-refractivity contribution is 6.22. The molecule has 6 nitrogen and oxygen atoms in total. The first kappa shape index (κ1) is 16.7. The number of hydrogen-bond acceptors (Lipinski definition) is 4. The Bertz CT molecular complexity index is 842. The molecule has 1 aliphatic heterocycles. The monoisotopic (exact) mass is 345 g/mol. The van der Waals surface area contributed by atoms with Crippen LogP contribution in [0.25, 0.3) is 0 Å². The average Bonchev–Trinajstić information content (AvgIpc) is 2.90. The summed E-state index contributed by atoms with van der Waals surface area (Å²) in [6, 6.07) is 10.1. The lowest BCUT2D eigenvalue weighted by molar-refractivity contribution is -0.121. The van der Waals surface area contributed by atoms with Gasteiger partial charge in [0, 0.05) is 11.6 Å². The quantitative estimate of drug-likeness (QED) is 0.651. The molecule has 25 heavy (non-hydrogen) atoms. The van der Waals surface area contributed by atoms with Crippen molar-refractivity contribution >= 4 is 23.4 Å². The van der Waals surface area contributed by atoms with Crippen LogP contribution in [0.4, 0.5) is 14.5 Å². The molecule has 2 N–H and O–H groups in total. The minimum absolute atomic E-state index is 0.0624. The number of nitrogens with zero attached hydrogens (tertiary/aromatic N) is 1. The van der Waals surface area contributed by atoms with E-state index in [-0.39, 0.29) is 12.1 Å². The molecule has 1 atom stereocenters. The zero-order valence-corrected chi connectivity index (χ0v) is 12.8. The SMILES string of the molecule is O=C(NNC1CC(=O)N(c2ccc(F)c(F)c2)C1=O)c1ccccc1. The molecule has 3 amide bonds. The summed E-state index contributed by atoms with van der Waals surface area (Å²) in [4.78, 5) is 37.1. The Balaban J connectivity index is 1.69. The van der Waals surface area contributed by atoms with Gasteiger partial charge in [-0.1, -0.05) is 18.2 Å². The second-order valence-corrected chi connectivity index (χ2v) is 5.39. The van der Waals surface area contributed by atoms with E-state index in [9.17, 15) is 23.2 Å². The zero-order chi connectivity index (χ0) is 18.0. The highest BCUT2D eigenvalue weighted by Crippen LogP contribution is 2.24. The molecule has 0 saturated carbocycles. The van der Waals surface area contributed by atoms with Gasteiger partial charge in [-0.25, -0.2) is 19.1 Å². The summed E-state index contributed by atoms with van der Waals surface area (Å²) in [5.41, 5.74) is 5.18. The molecular weight excluding hydrogens is 332 g/mol. The van der Waals surface area contributed by atoms with Crippen molar-refractivity contribution in [1.29, 1.82) is 0 Å². The number of hydrogen-bond donors (Lipinski definition) is 2. The smallest absolute Gasteiger partial charge is 0.265 e. The van der Waals surface area contributed by atoms with Crippen LogP contribution in [0.15, 0.2) is 48.5 Å². The molecule has 8 heteroatoms. The summed E-state index contributed by atoms with van der Waals surface area (Å²) in [6.45, 7) is 0. The van der Waals surface area contributed by atoms with Gasteiger partial charge in [0.25, 0.3) is 11.8 Å². The van der Waals surface area contributed by atoms with Crippen LogP contribution in [-0.4, -0.2) is 23.8 Å². The van der Waals surface area contributed by atoms with Gasteiger partial charge < -0.3 is 0 Å². The summed E-state index contributed by atoms with van der Waals surface area (Å²) >= 11 is 0. The predicted molar refractivity (Wildman–Crippen MR) is 84.3 cm³/mol. The highest BCUT2D eigenvalue weighted by Gasteiger charge is 2.40. The average molecular weight is 345 g/mol. The van der Waals surface area contributed by atoms with E-state index in [1.165, 1.54) is 0 Å². The largest absolute Gasteiger partial charge is 0.287 e. The van der Waals surface area contributed by atoms with Gasteiger partial charge in [0.15, 0.2) is 11.6 Å². The van der Waals surface area contributed by atoms with E-state index in [0.29, 0.717) is 5.56 Å². The molecule has 0 bridgehead atoms. The van der Waals surface area contributed by atoms with Crippen LogP contribution in [0.3, 0.4) is 0 Å². The summed E-state index contributed by atoms with van der Waals surface area (Å²) in [6.07, 6.45) is -0.215. The predicted octanol–water partition coefficient (Wildman–Crippen LogP) is 1.53. The maximum absolute atomic E-state index is 13.3. The summed E-state index contributed by atoms with van der Waals surface area (Å²) in [7, 11) is 0. The number of imide groups is 1. The molecule has 2 aromatic carbocycles.